The molecule has 1 aliphatic heterocycles. The van der Waals surface area contributed by atoms with Crippen molar-refractivity contribution in [2.75, 3.05) is 6.54 Å². The molecule has 1 heteroatoms. The van der Waals surface area contributed by atoms with Crippen LogP contribution in [0, 0.1) is 6.92 Å². The lowest BCUT2D eigenvalue weighted by Crippen LogP contribution is -2.16. The van der Waals surface area contributed by atoms with Gasteiger partial charge in [0, 0.05) is 6.04 Å². The summed E-state index contributed by atoms with van der Waals surface area (Å²) in [5, 5.41) is 3.21. The van der Waals surface area contributed by atoms with Gasteiger partial charge in [-0.3, -0.25) is 0 Å². The van der Waals surface area contributed by atoms with Crippen LogP contribution in [0.2, 0.25) is 0 Å². The van der Waals surface area contributed by atoms with Crippen molar-refractivity contribution in [1.29, 1.82) is 0 Å². The van der Waals surface area contributed by atoms with E-state index in [1.165, 1.54) is 19.4 Å². The van der Waals surface area contributed by atoms with Crippen LogP contribution < -0.4 is 5.32 Å². The lowest BCUT2D eigenvalue weighted by Gasteiger charge is -1.94. The maximum absolute atomic E-state index is 3.83. The summed E-state index contributed by atoms with van der Waals surface area (Å²) in [7, 11) is 0. The van der Waals surface area contributed by atoms with Gasteiger partial charge in [-0.15, -0.1) is 0 Å². The molecule has 0 aromatic rings. The van der Waals surface area contributed by atoms with Crippen molar-refractivity contribution in [1.82, 2.24) is 5.32 Å². The van der Waals surface area contributed by atoms with Crippen LogP contribution in [-0.2, 0) is 0 Å². The Morgan fingerprint density at radius 1 is 1.67 bits per heavy atom. The Labute approximate surface area is 38.7 Å². The molecule has 1 atom stereocenters. The van der Waals surface area contributed by atoms with E-state index in [4.69, 9.17) is 0 Å². The molecule has 0 bridgehead atoms. The summed E-state index contributed by atoms with van der Waals surface area (Å²) in [5.74, 6) is 0. The molecule has 1 fully saturated rings. The van der Waals surface area contributed by atoms with Crippen LogP contribution in [0.5, 0.6) is 0 Å². The van der Waals surface area contributed by atoms with Crippen LogP contribution in [0.15, 0.2) is 0 Å². The minimum absolute atomic E-state index is 0.546. The molecule has 0 aromatic carbocycles. The quantitative estimate of drug-likeness (QED) is 0.452. The number of hydrogen-bond acceptors (Lipinski definition) is 1. The van der Waals surface area contributed by atoms with Gasteiger partial charge in [0.15, 0.2) is 0 Å². The van der Waals surface area contributed by atoms with Crippen LogP contribution in [0.25, 0.3) is 0 Å². The number of nitrogens with one attached hydrogen (secondary N) is 1. The third kappa shape index (κ3) is 0.716. The Kier molecular flexibility index (Phi) is 1.10. The highest BCUT2D eigenvalue weighted by Crippen LogP contribution is 2.00. The second-order valence-electron chi connectivity index (χ2n) is 1.79. The van der Waals surface area contributed by atoms with Gasteiger partial charge >= 0.3 is 0 Å². The number of rotatable bonds is 0. The monoisotopic (exact) mass is 84.1 g/mol. The van der Waals surface area contributed by atoms with Crippen molar-refractivity contribution in [3.63, 3.8) is 0 Å². The Hall–Kier alpha value is -0.0400. The summed E-state index contributed by atoms with van der Waals surface area (Å²) in [5.41, 5.74) is 0. The maximum atomic E-state index is 3.83. The summed E-state index contributed by atoms with van der Waals surface area (Å²) in [6, 6.07) is 0.546. The summed E-state index contributed by atoms with van der Waals surface area (Å²) < 4.78 is 0. The average molecular weight is 84.1 g/mol. The molecule has 0 saturated carbocycles. The normalized spacial score (nSPS) is 34.5. The largest absolute Gasteiger partial charge is 0.314 e. The highest BCUT2D eigenvalue weighted by molar-refractivity contribution is 4.74. The van der Waals surface area contributed by atoms with E-state index in [1.807, 2.05) is 0 Å². The van der Waals surface area contributed by atoms with Crippen molar-refractivity contribution >= 4 is 0 Å². The van der Waals surface area contributed by atoms with E-state index in [0.717, 1.165) is 0 Å². The van der Waals surface area contributed by atoms with E-state index < -0.39 is 0 Å². The van der Waals surface area contributed by atoms with E-state index in [0.29, 0.717) is 6.04 Å². The summed E-state index contributed by atoms with van der Waals surface area (Å²) in [4.78, 5) is 0. The first kappa shape index (κ1) is 4.13. The zero-order valence-electron chi connectivity index (χ0n) is 3.91. The van der Waals surface area contributed by atoms with Crippen LogP contribution in [0.3, 0.4) is 0 Å². The first-order valence-electron chi connectivity index (χ1n) is 2.46. The standard InChI is InChI=1S/C5H10N/c1-5-3-2-4-6-5/h5-6H,1-4H2/t5-/m1/s1. The van der Waals surface area contributed by atoms with E-state index >= 15 is 0 Å². The molecule has 1 rings (SSSR count). The first-order chi connectivity index (χ1) is 2.89. The highest BCUT2D eigenvalue weighted by Gasteiger charge is 2.05. The summed E-state index contributed by atoms with van der Waals surface area (Å²) >= 11 is 0. The third-order valence-corrected chi connectivity index (χ3v) is 1.16. The predicted octanol–water partition coefficient (Wildman–Crippen LogP) is 0.572. The maximum Gasteiger partial charge on any atom is 0.00681 e. The van der Waals surface area contributed by atoms with E-state index in [-0.39, 0.29) is 0 Å². The summed E-state index contributed by atoms with van der Waals surface area (Å²) in [6.07, 6.45) is 2.58. The van der Waals surface area contributed by atoms with Gasteiger partial charge in [0.1, 0.15) is 0 Å². The fraction of sp³-hybridized carbons (Fsp3) is 0.800. The van der Waals surface area contributed by atoms with Gasteiger partial charge in [0.2, 0.25) is 0 Å². The molecule has 6 heavy (non-hydrogen) atoms. The minimum atomic E-state index is 0.546. The zero-order valence-corrected chi connectivity index (χ0v) is 3.91. The molecular formula is C5H10N. The average Bonchev–Trinajstić information content (AvgIpc) is 1.86. The van der Waals surface area contributed by atoms with E-state index in [2.05, 4.69) is 12.2 Å². The fourth-order valence-electron chi connectivity index (χ4n) is 0.757. The molecular weight excluding hydrogens is 74.1 g/mol. The highest BCUT2D eigenvalue weighted by atomic mass is 14.9. The van der Waals surface area contributed by atoms with Gasteiger partial charge in [-0.05, 0) is 26.3 Å². The molecule has 0 aromatic heterocycles. The molecule has 1 aliphatic rings. The van der Waals surface area contributed by atoms with Gasteiger partial charge in [-0.2, -0.15) is 0 Å². The molecule has 35 valence electrons. The SMILES string of the molecule is [CH2][C@@H]1CCCN1. The lowest BCUT2D eigenvalue weighted by atomic mass is 10.3. The van der Waals surface area contributed by atoms with Gasteiger partial charge in [0.25, 0.3) is 0 Å². The molecule has 0 unspecified atom stereocenters. The molecule has 0 spiro atoms. The summed E-state index contributed by atoms with van der Waals surface area (Å²) in [6.45, 7) is 5.00. The Balaban J connectivity index is 2.18. The van der Waals surface area contributed by atoms with Gasteiger partial charge in [-0.1, -0.05) is 0 Å². The lowest BCUT2D eigenvalue weighted by molar-refractivity contribution is 0.724. The van der Waals surface area contributed by atoms with Crippen LogP contribution in [-0.4, -0.2) is 12.6 Å². The molecule has 1 nitrogen and oxygen atoms in total. The third-order valence-electron chi connectivity index (χ3n) is 1.16. The van der Waals surface area contributed by atoms with E-state index in [9.17, 15) is 0 Å². The second-order valence-corrected chi connectivity index (χ2v) is 1.79. The van der Waals surface area contributed by atoms with Crippen molar-refractivity contribution < 1.29 is 0 Å². The topological polar surface area (TPSA) is 12.0 Å². The Morgan fingerprint density at radius 3 is 2.67 bits per heavy atom. The second kappa shape index (κ2) is 1.61. The molecule has 1 heterocycles. The van der Waals surface area contributed by atoms with Crippen LogP contribution in [0.4, 0.5) is 0 Å². The van der Waals surface area contributed by atoms with Crippen molar-refractivity contribution in [3.8, 4) is 0 Å². The Bertz CT molecular complexity index is 37.2. The molecule has 0 amide bonds. The molecule has 1 saturated heterocycles. The van der Waals surface area contributed by atoms with Crippen molar-refractivity contribution in [2.45, 2.75) is 18.9 Å². The fourth-order valence-corrected chi connectivity index (χ4v) is 0.757. The molecule has 0 aliphatic carbocycles. The van der Waals surface area contributed by atoms with Crippen LogP contribution >= 0.6 is 0 Å². The molecule has 1 radical (unpaired) electrons. The Morgan fingerprint density at radius 2 is 2.50 bits per heavy atom. The smallest absolute Gasteiger partial charge is 0.00681 e. The van der Waals surface area contributed by atoms with Gasteiger partial charge in [-0.25, -0.2) is 0 Å². The van der Waals surface area contributed by atoms with Gasteiger partial charge in [0.05, 0.1) is 0 Å². The van der Waals surface area contributed by atoms with Crippen LogP contribution in [0.1, 0.15) is 12.8 Å². The van der Waals surface area contributed by atoms with Crippen molar-refractivity contribution in [2.24, 2.45) is 0 Å². The van der Waals surface area contributed by atoms with E-state index in [1.54, 1.807) is 0 Å². The minimum Gasteiger partial charge on any atom is -0.314 e. The first-order valence-corrected chi connectivity index (χ1v) is 2.46. The predicted molar refractivity (Wildman–Crippen MR) is 26.4 cm³/mol. The zero-order chi connectivity index (χ0) is 4.41. The number of hydrogen-bond donors (Lipinski definition) is 1. The van der Waals surface area contributed by atoms with Gasteiger partial charge < -0.3 is 5.32 Å². The van der Waals surface area contributed by atoms with Crippen molar-refractivity contribution in [3.05, 3.63) is 6.92 Å². The molecule has 1 N–H and O–H groups in total.